The number of hydrogen-bond donors (Lipinski definition) is 2. The molecular weight excluding hydrogens is 466 g/mol. The van der Waals surface area contributed by atoms with Crippen LogP contribution in [0.4, 0.5) is 0 Å². The Bertz CT molecular complexity index is 1230. The number of amides is 2. The number of para-hydroxylation sites is 2. The summed E-state index contributed by atoms with van der Waals surface area (Å²) in [6.45, 7) is 8.33. The average molecular weight is 504 g/mol. The topological polar surface area (TPSA) is 101 Å². The number of oxazole rings is 1. The van der Waals surface area contributed by atoms with E-state index in [1.165, 1.54) is 0 Å². The van der Waals surface area contributed by atoms with Crippen LogP contribution in [0, 0.1) is 0 Å². The molecule has 0 bridgehead atoms. The molecule has 1 atom stereocenters. The van der Waals surface area contributed by atoms with Gasteiger partial charge in [0.15, 0.2) is 5.58 Å². The van der Waals surface area contributed by atoms with E-state index in [-0.39, 0.29) is 28.9 Å². The van der Waals surface area contributed by atoms with E-state index in [4.69, 9.17) is 4.42 Å². The van der Waals surface area contributed by atoms with E-state index in [1.807, 2.05) is 31.2 Å². The fourth-order valence-corrected chi connectivity index (χ4v) is 4.96. The zero-order valence-corrected chi connectivity index (χ0v) is 22.2. The van der Waals surface area contributed by atoms with Crippen LogP contribution in [0.25, 0.3) is 11.1 Å². The van der Waals surface area contributed by atoms with Gasteiger partial charge in [-0.05, 0) is 54.5 Å². The predicted octanol–water partition coefficient (Wildman–Crippen LogP) is 5.73. The highest BCUT2D eigenvalue weighted by Gasteiger charge is 2.42. The summed E-state index contributed by atoms with van der Waals surface area (Å²) in [5, 5.41) is 6.01. The number of fused-ring (bicyclic) bond motifs is 1. The standard InChI is InChI=1S/C30H37N3O4/c1-5-11-23(25(34)27-31-22-12-7-8-13-24(22)37-27)32-28(36)30(18-9-6-10-19-30)33-26(35)20-14-16-21(17-15-20)29(2,3)4/h7-8,12-17,23H,5-6,9-11,18-19H2,1-4H3,(H,32,36)(H,33,35)/t23-/m0/s1. The number of carbonyl (C=O) groups excluding carboxylic acids is 3. The van der Waals surface area contributed by atoms with E-state index < -0.39 is 11.6 Å². The van der Waals surface area contributed by atoms with Crippen LogP contribution in [-0.2, 0) is 10.2 Å². The molecule has 3 aromatic rings. The van der Waals surface area contributed by atoms with E-state index in [0.717, 1.165) is 24.8 Å². The molecule has 4 rings (SSSR count). The molecule has 0 radical (unpaired) electrons. The Hall–Kier alpha value is -3.48. The van der Waals surface area contributed by atoms with Crippen molar-refractivity contribution < 1.29 is 18.8 Å². The maximum Gasteiger partial charge on any atom is 0.266 e. The number of ketones is 1. The summed E-state index contributed by atoms with van der Waals surface area (Å²) in [5.74, 6) is -0.980. The van der Waals surface area contributed by atoms with Crippen molar-refractivity contribution in [3.63, 3.8) is 0 Å². The van der Waals surface area contributed by atoms with Crippen LogP contribution in [0.5, 0.6) is 0 Å². The summed E-state index contributed by atoms with van der Waals surface area (Å²) in [6.07, 6.45) is 4.85. The summed E-state index contributed by atoms with van der Waals surface area (Å²) < 4.78 is 5.68. The molecule has 1 fully saturated rings. The quantitative estimate of drug-likeness (QED) is 0.383. The lowest BCUT2D eigenvalue weighted by Gasteiger charge is -2.37. The van der Waals surface area contributed by atoms with Gasteiger partial charge in [-0.3, -0.25) is 14.4 Å². The molecule has 7 nitrogen and oxygen atoms in total. The van der Waals surface area contributed by atoms with Crippen LogP contribution in [0.3, 0.4) is 0 Å². The molecule has 2 N–H and O–H groups in total. The van der Waals surface area contributed by atoms with Crippen molar-refractivity contribution in [2.75, 3.05) is 0 Å². The van der Waals surface area contributed by atoms with Crippen LogP contribution < -0.4 is 10.6 Å². The molecule has 0 saturated heterocycles. The Morgan fingerprint density at radius 2 is 1.68 bits per heavy atom. The second kappa shape index (κ2) is 10.9. The maximum absolute atomic E-state index is 13.7. The molecule has 2 amide bonds. The third kappa shape index (κ3) is 5.92. The minimum absolute atomic E-state index is 0.0133. The number of nitrogens with zero attached hydrogens (tertiary/aromatic N) is 1. The minimum atomic E-state index is -1.06. The molecule has 0 unspecified atom stereocenters. The van der Waals surface area contributed by atoms with Gasteiger partial charge in [-0.15, -0.1) is 0 Å². The summed E-state index contributed by atoms with van der Waals surface area (Å²) in [7, 11) is 0. The number of aromatic nitrogens is 1. The lowest BCUT2D eigenvalue weighted by Crippen LogP contribution is -2.62. The van der Waals surface area contributed by atoms with E-state index in [1.54, 1.807) is 24.3 Å². The van der Waals surface area contributed by atoms with E-state index >= 15 is 0 Å². The van der Waals surface area contributed by atoms with Crippen molar-refractivity contribution in [2.45, 2.75) is 89.6 Å². The Labute approximate surface area is 218 Å². The van der Waals surface area contributed by atoms with Gasteiger partial charge in [-0.2, -0.15) is 0 Å². The minimum Gasteiger partial charge on any atom is -0.434 e. The maximum atomic E-state index is 13.7. The van der Waals surface area contributed by atoms with E-state index in [9.17, 15) is 14.4 Å². The highest BCUT2D eigenvalue weighted by atomic mass is 16.4. The highest BCUT2D eigenvalue weighted by molar-refractivity contribution is 6.03. The highest BCUT2D eigenvalue weighted by Crippen LogP contribution is 2.30. The average Bonchev–Trinajstić information content (AvgIpc) is 3.32. The lowest BCUT2D eigenvalue weighted by molar-refractivity contribution is -0.129. The number of carbonyl (C=O) groups is 3. The summed E-state index contributed by atoms with van der Waals surface area (Å²) in [4.78, 5) is 44.7. The molecule has 1 aliphatic rings. The number of benzene rings is 2. The van der Waals surface area contributed by atoms with Crippen molar-refractivity contribution in [3.05, 3.63) is 65.5 Å². The van der Waals surface area contributed by atoms with Gasteiger partial charge >= 0.3 is 0 Å². The predicted molar refractivity (Wildman–Crippen MR) is 144 cm³/mol. The van der Waals surface area contributed by atoms with Crippen LogP contribution in [0.1, 0.15) is 99.2 Å². The van der Waals surface area contributed by atoms with Crippen molar-refractivity contribution in [3.8, 4) is 0 Å². The Morgan fingerprint density at radius 3 is 2.30 bits per heavy atom. The van der Waals surface area contributed by atoms with Gasteiger partial charge < -0.3 is 15.1 Å². The first-order valence-electron chi connectivity index (χ1n) is 13.3. The van der Waals surface area contributed by atoms with Crippen LogP contribution in [0.15, 0.2) is 52.9 Å². The zero-order chi connectivity index (χ0) is 26.6. The van der Waals surface area contributed by atoms with Crippen LogP contribution in [-0.4, -0.2) is 34.2 Å². The van der Waals surface area contributed by atoms with Crippen molar-refractivity contribution in [1.29, 1.82) is 0 Å². The van der Waals surface area contributed by atoms with Gasteiger partial charge in [0.1, 0.15) is 11.1 Å². The third-order valence-electron chi connectivity index (χ3n) is 7.21. The van der Waals surface area contributed by atoms with Gasteiger partial charge in [0.25, 0.3) is 11.8 Å². The number of Topliss-reactive ketones (excluding diaryl/α,β-unsaturated/α-hetero) is 1. The number of hydrogen-bond acceptors (Lipinski definition) is 5. The molecule has 1 aromatic heterocycles. The summed E-state index contributed by atoms with van der Waals surface area (Å²) in [6, 6.07) is 13.9. The van der Waals surface area contributed by atoms with Crippen molar-refractivity contribution in [2.24, 2.45) is 0 Å². The normalized spacial score (nSPS) is 16.2. The molecule has 7 heteroatoms. The third-order valence-corrected chi connectivity index (χ3v) is 7.21. The smallest absolute Gasteiger partial charge is 0.266 e. The van der Waals surface area contributed by atoms with Crippen molar-refractivity contribution >= 4 is 28.7 Å². The van der Waals surface area contributed by atoms with Crippen molar-refractivity contribution in [1.82, 2.24) is 15.6 Å². The van der Waals surface area contributed by atoms with Gasteiger partial charge in [-0.25, -0.2) is 4.98 Å². The molecule has 1 saturated carbocycles. The first kappa shape index (κ1) is 26.6. The number of rotatable bonds is 8. The van der Waals surface area contributed by atoms with Crippen LogP contribution in [0.2, 0.25) is 0 Å². The zero-order valence-electron chi connectivity index (χ0n) is 22.2. The number of nitrogens with one attached hydrogen (secondary N) is 2. The molecule has 0 aliphatic heterocycles. The van der Waals surface area contributed by atoms with Crippen LogP contribution >= 0.6 is 0 Å². The van der Waals surface area contributed by atoms with E-state index in [2.05, 4.69) is 36.4 Å². The Morgan fingerprint density at radius 1 is 1.00 bits per heavy atom. The first-order chi connectivity index (χ1) is 17.6. The second-order valence-corrected chi connectivity index (χ2v) is 11.1. The van der Waals surface area contributed by atoms with Gasteiger partial charge in [0.2, 0.25) is 11.7 Å². The molecular formula is C30H37N3O4. The fraction of sp³-hybridized carbons (Fsp3) is 0.467. The van der Waals surface area contributed by atoms with E-state index in [0.29, 0.717) is 42.3 Å². The largest absolute Gasteiger partial charge is 0.434 e. The molecule has 2 aromatic carbocycles. The van der Waals surface area contributed by atoms with Gasteiger partial charge in [0, 0.05) is 5.56 Å². The first-order valence-corrected chi connectivity index (χ1v) is 13.3. The molecule has 37 heavy (non-hydrogen) atoms. The molecule has 1 aliphatic carbocycles. The monoisotopic (exact) mass is 503 g/mol. The lowest BCUT2D eigenvalue weighted by atomic mass is 9.80. The van der Waals surface area contributed by atoms with Gasteiger partial charge in [0.05, 0.1) is 6.04 Å². The SMILES string of the molecule is CCC[C@H](NC(=O)C1(NC(=O)c2ccc(C(C)(C)C)cc2)CCCCC1)C(=O)c1nc2ccccc2o1. The Balaban J connectivity index is 1.54. The fourth-order valence-electron chi connectivity index (χ4n) is 4.96. The molecule has 196 valence electrons. The second-order valence-electron chi connectivity index (χ2n) is 11.1. The molecule has 0 spiro atoms. The van der Waals surface area contributed by atoms with Gasteiger partial charge in [-0.1, -0.05) is 77.6 Å². The summed E-state index contributed by atoms with van der Waals surface area (Å²) >= 11 is 0. The summed E-state index contributed by atoms with van der Waals surface area (Å²) in [5.41, 5.74) is 1.69. The Kier molecular flexibility index (Phi) is 7.81. The molecule has 1 heterocycles.